The average molecular weight is 356 g/mol. The zero-order valence-corrected chi connectivity index (χ0v) is 15.8. The van der Waals surface area contributed by atoms with Crippen LogP contribution in [0, 0.1) is 5.92 Å². The number of carboxylic acids is 1. The topological polar surface area (TPSA) is 107 Å². The highest BCUT2D eigenvalue weighted by Crippen LogP contribution is 2.25. The molecule has 1 atom stereocenters. The predicted octanol–water partition coefficient (Wildman–Crippen LogP) is 2.09. The molecule has 146 valence electrons. The van der Waals surface area contributed by atoms with Crippen molar-refractivity contribution in [2.75, 3.05) is 19.6 Å². The summed E-state index contributed by atoms with van der Waals surface area (Å²) in [5, 5.41) is 27.2. The van der Waals surface area contributed by atoms with Crippen molar-refractivity contribution in [3.63, 3.8) is 0 Å². The SMILES string of the molecule is CCN(CCCC(N)(CCCCB(O)O)C(=O)O)CC1CCCCC1. The predicted molar refractivity (Wildman–Crippen MR) is 101 cm³/mol. The molecule has 0 amide bonds. The van der Waals surface area contributed by atoms with Gasteiger partial charge in [-0.2, -0.15) is 0 Å². The molecule has 1 unspecified atom stereocenters. The monoisotopic (exact) mass is 356 g/mol. The van der Waals surface area contributed by atoms with Crippen molar-refractivity contribution in [3.8, 4) is 0 Å². The fraction of sp³-hybridized carbons (Fsp3) is 0.944. The largest absolute Gasteiger partial charge is 0.480 e. The number of unbranched alkanes of at least 4 members (excludes halogenated alkanes) is 1. The van der Waals surface area contributed by atoms with Crippen LogP contribution in [0.5, 0.6) is 0 Å². The van der Waals surface area contributed by atoms with E-state index in [-0.39, 0.29) is 6.32 Å². The van der Waals surface area contributed by atoms with Crippen LogP contribution in [0.25, 0.3) is 0 Å². The molecule has 1 aliphatic carbocycles. The summed E-state index contributed by atoms with van der Waals surface area (Å²) < 4.78 is 0. The molecule has 25 heavy (non-hydrogen) atoms. The van der Waals surface area contributed by atoms with Crippen LogP contribution in [0.2, 0.25) is 6.32 Å². The molecule has 6 nitrogen and oxygen atoms in total. The number of hydrogen-bond acceptors (Lipinski definition) is 5. The molecule has 7 heteroatoms. The third kappa shape index (κ3) is 9.04. The van der Waals surface area contributed by atoms with Crippen LogP contribution in [0.4, 0.5) is 0 Å². The van der Waals surface area contributed by atoms with Crippen molar-refractivity contribution < 1.29 is 19.9 Å². The summed E-state index contributed by atoms with van der Waals surface area (Å²) in [7, 11) is -1.32. The smallest absolute Gasteiger partial charge is 0.451 e. The third-order valence-corrected chi connectivity index (χ3v) is 5.55. The Bertz CT molecular complexity index is 378. The Morgan fingerprint density at radius 1 is 1.16 bits per heavy atom. The molecule has 1 rings (SSSR count). The fourth-order valence-electron chi connectivity index (χ4n) is 3.84. The maximum absolute atomic E-state index is 11.6. The molecule has 0 aromatic rings. The average Bonchev–Trinajstić information content (AvgIpc) is 2.58. The molecule has 5 N–H and O–H groups in total. The normalized spacial score (nSPS) is 18.3. The minimum absolute atomic E-state index is 0.265. The van der Waals surface area contributed by atoms with Crippen LogP contribution in [-0.2, 0) is 4.79 Å². The Balaban J connectivity index is 2.34. The number of carbonyl (C=O) groups is 1. The molecule has 0 heterocycles. The second kappa shape index (κ2) is 11.9. The van der Waals surface area contributed by atoms with Crippen LogP contribution in [0.15, 0.2) is 0 Å². The molecule has 0 bridgehead atoms. The zero-order valence-electron chi connectivity index (χ0n) is 15.8. The highest BCUT2D eigenvalue weighted by atomic mass is 16.4. The second-order valence-electron chi connectivity index (χ2n) is 7.69. The maximum Gasteiger partial charge on any atom is 0.451 e. The van der Waals surface area contributed by atoms with Gasteiger partial charge in [-0.1, -0.05) is 39.0 Å². The second-order valence-corrected chi connectivity index (χ2v) is 7.69. The standard InChI is InChI=1S/C18H37BN2O4/c1-2-21(15-16-9-4-3-5-10-16)14-8-12-18(20,17(22)23)11-6-7-13-19(24)25/h16,24-25H,2-15,20H2,1H3,(H,22,23). The van der Waals surface area contributed by atoms with Crippen LogP contribution in [-0.4, -0.2) is 58.3 Å². The Morgan fingerprint density at radius 2 is 1.80 bits per heavy atom. The van der Waals surface area contributed by atoms with Crippen LogP contribution in [0.1, 0.15) is 71.1 Å². The van der Waals surface area contributed by atoms with Crippen molar-refractivity contribution in [1.82, 2.24) is 4.90 Å². The summed E-state index contributed by atoms with van der Waals surface area (Å²) in [5.74, 6) is -0.159. The molecule has 0 aliphatic heterocycles. The highest BCUT2D eigenvalue weighted by Gasteiger charge is 2.33. The lowest BCUT2D eigenvalue weighted by Gasteiger charge is -2.30. The van der Waals surface area contributed by atoms with E-state index in [1.807, 2.05) is 0 Å². The van der Waals surface area contributed by atoms with Crippen molar-refractivity contribution >= 4 is 13.1 Å². The van der Waals surface area contributed by atoms with Gasteiger partial charge in [-0.05, 0) is 57.4 Å². The van der Waals surface area contributed by atoms with E-state index in [0.29, 0.717) is 25.7 Å². The Morgan fingerprint density at radius 3 is 2.36 bits per heavy atom. The minimum atomic E-state index is -1.32. The van der Waals surface area contributed by atoms with Crippen molar-refractivity contribution in [3.05, 3.63) is 0 Å². The first-order valence-electron chi connectivity index (χ1n) is 9.98. The molecule has 0 spiro atoms. The van der Waals surface area contributed by atoms with E-state index in [0.717, 1.165) is 32.0 Å². The third-order valence-electron chi connectivity index (χ3n) is 5.55. The van der Waals surface area contributed by atoms with Gasteiger partial charge in [0.25, 0.3) is 0 Å². The van der Waals surface area contributed by atoms with E-state index in [1.165, 1.54) is 32.1 Å². The van der Waals surface area contributed by atoms with Crippen molar-refractivity contribution in [1.29, 1.82) is 0 Å². The molecule has 1 fully saturated rings. The summed E-state index contributed by atoms with van der Waals surface area (Å²) in [4.78, 5) is 14.0. The van der Waals surface area contributed by atoms with Gasteiger partial charge < -0.3 is 25.8 Å². The maximum atomic E-state index is 11.6. The van der Waals surface area contributed by atoms with Gasteiger partial charge in [0.1, 0.15) is 5.54 Å². The van der Waals surface area contributed by atoms with Gasteiger partial charge in [0.2, 0.25) is 0 Å². The van der Waals surface area contributed by atoms with E-state index >= 15 is 0 Å². The quantitative estimate of drug-likeness (QED) is 0.297. The first-order chi connectivity index (χ1) is 11.9. The van der Waals surface area contributed by atoms with Gasteiger partial charge in [0.15, 0.2) is 0 Å². The van der Waals surface area contributed by atoms with Gasteiger partial charge in [-0.3, -0.25) is 4.79 Å². The number of nitrogens with two attached hydrogens (primary N) is 1. The first kappa shape index (κ1) is 22.4. The van der Waals surface area contributed by atoms with E-state index in [2.05, 4.69) is 11.8 Å². The lowest BCUT2D eigenvalue weighted by atomic mass is 9.81. The van der Waals surface area contributed by atoms with E-state index in [4.69, 9.17) is 15.8 Å². The Kier molecular flexibility index (Phi) is 10.7. The summed E-state index contributed by atoms with van der Waals surface area (Å²) in [6, 6.07) is 0. The first-order valence-corrected chi connectivity index (χ1v) is 9.98. The molecule has 0 radical (unpaired) electrons. The van der Waals surface area contributed by atoms with Gasteiger partial charge in [-0.15, -0.1) is 0 Å². The molecule has 0 aromatic heterocycles. The molecular weight excluding hydrogens is 319 g/mol. The molecule has 0 saturated heterocycles. The van der Waals surface area contributed by atoms with E-state index in [9.17, 15) is 9.90 Å². The summed E-state index contributed by atoms with van der Waals surface area (Å²) in [5.41, 5.74) is 4.92. The Hall–Kier alpha value is -0.625. The van der Waals surface area contributed by atoms with Gasteiger partial charge >= 0.3 is 13.1 Å². The van der Waals surface area contributed by atoms with Crippen LogP contribution >= 0.6 is 0 Å². The van der Waals surface area contributed by atoms with Crippen molar-refractivity contribution in [2.24, 2.45) is 11.7 Å². The zero-order chi connectivity index (χ0) is 18.7. The fourth-order valence-corrected chi connectivity index (χ4v) is 3.84. The minimum Gasteiger partial charge on any atom is -0.480 e. The van der Waals surface area contributed by atoms with E-state index in [1.54, 1.807) is 0 Å². The van der Waals surface area contributed by atoms with Crippen LogP contribution < -0.4 is 5.73 Å². The number of carboxylic acid groups (broad SMARTS) is 1. The summed E-state index contributed by atoms with van der Waals surface area (Å²) in [6.07, 6.45) is 9.76. The summed E-state index contributed by atoms with van der Waals surface area (Å²) in [6.45, 7) is 5.18. The molecule has 1 aliphatic rings. The van der Waals surface area contributed by atoms with Crippen molar-refractivity contribution in [2.45, 2.75) is 83.0 Å². The number of nitrogens with zero attached hydrogens (tertiary/aromatic N) is 1. The molecule has 0 aromatic carbocycles. The molecular formula is C18H37BN2O4. The Labute approximate surface area is 152 Å². The lowest BCUT2D eigenvalue weighted by molar-refractivity contribution is -0.144. The summed E-state index contributed by atoms with van der Waals surface area (Å²) >= 11 is 0. The van der Waals surface area contributed by atoms with Crippen LogP contribution in [0.3, 0.4) is 0 Å². The van der Waals surface area contributed by atoms with Gasteiger partial charge in [0, 0.05) is 6.54 Å². The number of aliphatic carboxylic acids is 1. The lowest BCUT2D eigenvalue weighted by Crippen LogP contribution is -2.48. The van der Waals surface area contributed by atoms with E-state index < -0.39 is 18.6 Å². The molecule has 1 saturated carbocycles. The highest BCUT2D eigenvalue weighted by molar-refractivity contribution is 6.40. The van der Waals surface area contributed by atoms with Gasteiger partial charge in [0.05, 0.1) is 0 Å². The number of hydrogen-bond donors (Lipinski definition) is 4. The van der Waals surface area contributed by atoms with Gasteiger partial charge in [-0.25, -0.2) is 0 Å². The number of rotatable bonds is 13.